The predicted octanol–water partition coefficient (Wildman–Crippen LogP) is 2.89. The smallest absolute Gasteiger partial charge is 0.237 e. The zero-order valence-electron chi connectivity index (χ0n) is 22.6. The number of aliphatic hydroxyl groups is 1. The highest BCUT2D eigenvalue weighted by molar-refractivity contribution is 6.00. The van der Waals surface area contributed by atoms with Crippen molar-refractivity contribution in [1.82, 2.24) is 19.4 Å². The van der Waals surface area contributed by atoms with E-state index >= 15 is 0 Å². The Morgan fingerprint density at radius 1 is 1.26 bits per heavy atom. The van der Waals surface area contributed by atoms with Crippen molar-refractivity contribution in [1.29, 1.82) is 0 Å². The minimum Gasteiger partial charge on any atom is -0.491 e. The third-order valence-electron chi connectivity index (χ3n) is 8.63. The largest absolute Gasteiger partial charge is 0.491 e. The van der Waals surface area contributed by atoms with Gasteiger partial charge in [0.05, 0.1) is 23.2 Å². The molecule has 1 aliphatic carbocycles. The van der Waals surface area contributed by atoms with Crippen LogP contribution >= 0.6 is 0 Å². The first-order valence-corrected chi connectivity index (χ1v) is 13.9. The van der Waals surface area contributed by atoms with Gasteiger partial charge in [-0.25, -0.2) is 9.97 Å². The Morgan fingerprint density at radius 3 is 2.82 bits per heavy atom. The minimum absolute atomic E-state index is 0.0882. The van der Waals surface area contributed by atoms with E-state index in [0.29, 0.717) is 31.3 Å². The molecule has 0 bridgehead atoms. The van der Waals surface area contributed by atoms with Gasteiger partial charge in [0.2, 0.25) is 5.91 Å². The predicted molar refractivity (Wildman–Crippen MR) is 148 cm³/mol. The van der Waals surface area contributed by atoms with Crippen LogP contribution in [0, 0.1) is 5.92 Å². The highest BCUT2D eigenvalue weighted by Crippen LogP contribution is 2.44. The van der Waals surface area contributed by atoms with Gasteiger partial charge in [-0.15, -0.1) is 0 Å². The molecule has 1 aromatic carbocycles. The molecule has 2 aromatic heterocycles. The topological polar surface area (TPSA) is 142 Å². The Labute approximate surface area is 228 Å². The highest BCUT2D eigenvalue weighted by Gasteiger charge is 2.41. The Bertz CT molecular complexity index is 1370. The van der Waals surface area contributed by atoms with Crippen LogP contribution in [0.1, 0.15) is 52.0 Å². The summed E-state index contributed by atoms with van der Waals surface area (Å²) in [5, 5.41) is 11.0. The number of carbonyl (C=O) groups excluding carboxylic acids is 1. The third-order valence-corrected chi connectivity index (χ3v) is 8.63. The molecule has 10 heteroatoms. The van der Waals surface area contributed by atoms with Crippen LogP contribution in [0.15, 0.2) is 36.8 Å². The van der Waals surface area contributed by atoms with E-state index in [0.717, 1.165) is 60.1 Å². The van der Waals surface area contributed by atoms with Gasteiger partial charge in [0.1, 0.15) is 36.2 Å². The maximum atomic E-state index is 11.8. The second-order valence-electron chi connectivity index (χ2n) is 12.0. The number of anilines is 1. The van der Waals surface area contributed by atoms with Crippen LogP contribution in [-0.2, 0) is 9.53 Å². The minimum atomic E-state index is -0.675. The molecule has 39 heavy (non-hydrogen) atoms. The number of primary amides is 1. The molecule has 6 rings (SSSR count). The number of nitrogens with zero attached hydrogens (tertiary/aromatic N) is 4. The van der Waals surface area contributed by atoms with Crippen molar-refractivity contribution in [2.45, 2.75) is 75.8 Å². The Morgan fingerprint density at radius 2 is 2.08 bits per heavy atom. The second kappa shape index (κ2) is 10.1. The molecule has 0 spiro atoms. The normalized spacial score (nSPS) is 28.5. The summed E-state index contributed by atoms with van der Waals surface area (Å²) in [6, 6.07) is 7.73. The van der Waals surface area contributed by atoms with Gasteiger partial charge >= 0.3 is 0 Å². The van der Waals surface area contributed by atoms with Crippen molar-refractivity contribution >= 4 is 22.8 Å². The third kappa shape index (κ3) is 5.08. The van der Waals surface area contributed by atoms with Crippen LogP contribution < -0.4 is 16.2 Å². The average Bonchev–Trinajstić information content (AvgIpc) is 3.55. The average molecular weight is 535 g/mol. The molecule has 2 saturated heterocycles. The van der Waals surface area contributed by atoms with Crippen molar-refractivity contribution < 1.29 is 19.4 Å². The maximum absolute atomic E-state index is 11.8. The van der Waals surface area contributed by atoms with E-state index in [9.17, 15) is 9.90 Å². The number of aliphatic hydroxyl groups excluding tert-OH is 1. The zero-order chi connectivity index (χ0) is 27.3. The van der Waals surface area contributed by atoms with Gasteiger partial charge in [-0.1, -0.05) is 12.1 Å². The Hall–Kier alpha value is -3.21. The molecule has 3 aromatic rings. The van der Waals surface area contributed by atoms with E-state index in [1.165, 1.54) is 6.33 Å². The van der Waals surface area contributed by atoms with E-state index in [1.807, 2.05) is 23.1 Å². The Balaban J connectivity index is 1.19. The number of nitrogens with two attached hydrogens (primary N) is 2. The number of aromatic nitrogens is 3. The highest BCUT2D eigenvalue weighted by atomic mass is 16.6. The first kappa shape index (κ1) is 26.0. The molecule has 10 nitrogen and oxygen atoms in total. The summed E-state index contributed by atoms with van der Waals surface area (Å²) >= 11 is 0. The number of hydrogen-bond acceptors (Lipinski definition) is 8. The van der Waals surface area contributed by atoms with Crippen LogP contribution in [0.2, 0.25) is 0 Å². The lowest BCUT2D eigenvalue weighted by molar-refractivity contribution is -0.125. The summed E-state index contributed by atoms with van der Waals surface area (Å²) in [6.45, 7) is 6.21. The van der Waals surface area contributed by atoms with Crippen LogP contribution in [0.25, 0.3) is 22.2 Å². The number of amides is 1. The summed E-state index contributed by atoms with van der Waals surface area (Å²) in [7, 11) is 0. The van der Waals surface area contributed by atoms with Crippen molar-refractivity contribution in [2.75, 3.05) is 25.4 Å². The van der Waals surface area contributed by atoms with E-state index in [4.69, 9.17) is 20.9 Å². The van der Waals surface area contributed by atoms with Gasteiger partial charge in [0, 0.05) is 30.9 Å². The lowest BCUT2D eigenvalue weighted by Gasteiger charge is -2.39. The summed E-state index contributed by atoms with van der Waals surface area (Å²) in [5.41, 5.74) is 14.6. The fourth-order valence-corrected chi connectivity index (χ4v) is 6.56. The quantitative estimate of drug-likeness (QED) is 0.401. The first-order valence-electron chi connectivity index (χ1n) is 13.9. The van der Waals surface area contributed by atoms with Crippen molar-refractivity contribution in [3.05, 3.63) is 36.8 Å². The lowest BCUT2D eigenvalue weighted by Crippen LogP contribution is -2.48. The van der Waals surface area contributed by atoms with Crippen LogP contribution in [0.4, 0.5) is 5.82 Å². The van der Waals surface area contributed by atoms with Gasteiger partial charge < -0.3 is 30.6 Å². The van der Waals surface area contributed by atoms with Gasteiger partial charge in [0.25, 0.3) is 0 Å². The summed E-state index contributed by atoms with van der Waals surface area (Å²) in [6.07, 6.45) is 7.59. The molecule has 3 aliphatic rings. The molecule has 1 amide bonds. The molecular formula is C29H38N6O4. The molecule has 0 radical (unpaired) electrons. The van der Waals surface area contributed by atoms with E-state index < -0.39 is 18.1 Å². The molecule has 208 valence electrons. The van der Waals surface area contributed by atoms with E-state index in [1.54, 1.807) is 0 Å². The molecule has 1 saturated carbocycles. The number of likely N-dealkylation sites (tertiary alicyclic amines) is 1. The second-order valence-corrected chi connectivity index (χ2v) is 12.0. The van der Waals surface area contributed by atoms with Crippen LogP contribution in [0.5, 0.6) is 5.75 Å². The van der Waals surface area contributed by atoms with E-state index in [-0.39, 0.29) is 17.7 Å². The SMILES string of the molecule is CC1(C)CCC(COc2cccc(-c3cn(C4CC(CN5CC[C@@H](O)[C@H]5C(N)=O)C4)c4ncnc(N)c34)c2)O1. The van der Waals surface area contributed by atoms with Crippen molar-refractivity contribution in [3.8, 4) is 16.9 Å². The van der Waals surface area contributed by atoms with Gasteiger partial charge in [-0.2, -0.15) is 0 Å². The monoisotopic (exact) mass is 534 g/mol. The van der Waals surface area contributed by atoms with Crippen LogP contribution in [-0.4, -0.2) is 74.0 Å². The molecule has 3 atom stereocenters. The number of ether oxygens (including phenoxy) is 2. The molecule has 1 unspecified atom stereocenters. The van der Waals surface area contributed by atoms with Gasteiger partial charge in [-0.3, -0.25) is 9.69 Å². The number of nitrogen functional groups attached to an aromatic ring is 1. The molecule has 4 heterocycles. The first-order chi connectivity index (χ1) is 18.7. The zero-order valence-corrected chi connectivity index (χ0v) is 22.6. The molecular weight excluding hydrogens is 496 g/mol. The molecule has 2 aliphatic heterocycles. The number of rotatable bonds is 8. The Kier molecular flexibility index (Phi) is 6.73. The summed E-state index contributed by atoms with van der Waals surface area (Å²) in [5.74, 6) is 1.21. The van der Waals surface area contributed by atoms with Gasteiger partial charge in [0.15, 0.2) is 0 Å². The van der Waals surface area contributed by atoms with Gasteiger partial charge in [-0.05, 0) is 69.6 Å². The van der Waals surface area contributed by atoms with E-state index in [2.05, 4.69) is 40.6 Å². The lowest BCUT2D eigenvalue weighted by atomic mass is 9.79. The van der Waals surface area contributed by atoms with Crippen molar-refractivity contribution in [3.63, 3.8) is 0 Å². The fourth-order valence-electron chi connectivity index (χ4n) is 6.56. The fraction of sp³-hybridized carbons (Fsp3) is 0.552. The van der Waals surface area contributed by atoms with Crippen molar-refractivity contribution in [2.24, 2.45) is 11.7 Å². The molecule has 5 N–H and O–H groups in total. The molecule has 3 fully saturated rings. The number of benzene rings is 1. The number of fused-ring (bicyclic) bond motifs is 1. The maximum Gasteiger partial charge on any atom is 0.237 e. The number of hydrogen-bond donors (Lipinski definition) is 3. The van der Waals surface area contributed by atoms with Crippen LogP contribution in [0.3, 0.4) is 0 Å². The standard InChI is InChI=1S/C29H38N6O4/c1-29(2)8-6-21(39-29)15-38-20-5-3-4-18(12-20)22-14-35(28-24(22)26(30)32-16-33-28)19-10-17(11-19)13-34-9-7-23(36)25(34)27(31)37/h3-5,12,14,16-17,19,21,23,25,36H,6-11,13,15H2,1-2H3,(H2,31,37)(H2,30,32,33)/t17?,19?,21?,23-,25+/m1/s1. The number of carbonyl (C=O) groups is 1. The summed E-state index contributed by atoms with van der Waals surface area (Å²) < 4.78 is 14.4. The summed E-state index contributed by atoms with van der Waals surface area (Å²) in [4.78, 5) is 22.8.